The number of aliphatic imine (C=N–C) groups is 2. The van der Waals surface area contributed by atoms with Crippen LogP contribution in [0.4, 0.5) is 0 Å². The first kappa shape index (κ1) is 22.4. The van der Waals surface area contributed by atoms with Crippen LogP contribution in [0, 0.1) is 0 Å². The molecule has 8 nitrogen and oxygen atoms in total. The lowest BCUT2D eigenvalue weighted by molar-refractivity contribution is -0.133. The topological polar surface area (TPSA) is 133 Å². The molecule has 0 unspecified atom stereocenters. The predicted molar refractivity (Wildman–Crippen MR) is 70.9 cm³/mol. The zero-order chi connectivity index (χ0) is 16.4. The van der Waals surface area contributed by atoms with E-state index in [0.29, 0.717) is 6.54 Å². The summed E-state index contributed by atoms with van der Waals surface area (Å²) >= 11 is 0. The maximum absolute atomic E-state index is 10.1. The van der Waals surface area contributed by atoms with Gasteiger partial charge in [-0.05, 0) is 13.3 Å². The molecule has 0 heterocycles. The SMILES string of the molecule is C=C(CCN=C=O)C(=O)O.C=CC(=O)O.CCN=C=O. The van der Waals surface area contributed by atoms with Gasteiger partial charge in [-0.25, -0.2) is 29.2 Å². The van der Waals surface area contributed by atoms with E-state index in [1.807, 2.05) is 0 Å². The molecule has 0 saturated heterocycles. The Morgan fingerprint density at radius 3 is 1.85 bits per heavy atom. The van der Waals surface area contributed by atoms with E-state index in [4.69, 9.17) is 15.0 Å². The van der Waals surface area contributed by atoms with E-state index in [0.717, 1.165) is 6.08 Å². The minimum atomic E-state index is -1.05. The number of aliphatic carboxylic acids is 2. The smallest absolute Gasteiger partial charge is 0.331 e. The Labute approximate surface area is 115 Å². The molecule has 0 amide bonds. The second kappa shape index (κ2) is 18.5. The second-order valence-electron chi connectivity index (χ2n) is 2.74. The summed E-state index contributed by atoms with van der Waals surface area (Å²) in [5.74, 6) is -2.04. The summed E-state index contributed by atoms with van der Waals surface area (Å²) in [6.07, 6.45) is 3.73. The lowest BCUT2D eigenvalue weighted by Crippen LogP contribution is -1.99. The van der Waals surface area contributed by atoms with Gasteiger partial charge in [0.05, 0.1) is 6.54 Å². The summed E-state index contributed by atoms with van der Waals surface area (Å²) < 4.78 is 0. The average Bonchev–Trinajstić information content (AvgIpc) is 2.41. The van der Waals surface area contributed by atoms with E-state index in [1.54, 1.807) is 6.92 Å². The van der Waals surface area contributed by atoms with Gasteiger partial charge < -0.3 is 10.2 Å². The predicted octanol–water partition coefficient (Wildman–Crippen LogP) is 0.952. The number of carbonyl (C=O) groups is 2. The molecule has 0 saturated carbocycles. The number of rotatable bonds is 6. The third-order valence-corrected chi connectivity index (χ3v) is 1.29. The van der Waals surface area contributed by atoms with Crippen molar-refractivity contribution in [1.29, 1.82) is 0 Å². The van der Waals surface area contributed by atoms with Gasteiger partial charge in [0.25, 0.3) is 0 Å². The highest BCUT2D eigenvalue weighted by Crippen LogP contribution is 1.96. The van der Waals surface area contributed by atoms with Gasteiger partial charge in [0.1, 0.15) is 0 Å². The Morgan fingerprint density at radius 1 is 1.20 bits per heavy atom. The summed E-state index contributed by atoms with van der Waals surface area (Å²) in [5, 5.41) is 15.8. The lowest BCUT2D eigenvalue weighted by atomic mass is 10.2. The molecule has 0 aromatic rings. The Morgan fingerprint density at radius 2 is 1.65 bits per heavy atom. The minimum absolute atomic E-state index is 0.0546. The zero-order valence-corrected chi connectivity index (χ0v) is 11.0. The number of nitrogens with zero attached hydrogens (tertiary/aromatic N) is 2. The van der Waals surface area contributed by atoms with Gasteiger partial charge in [-0.15, -0.1) is 0 Å². The number of carbonyl (C=O) groups excluding carboxylic acids is 2. The van der Waals surface area contributed by atoms with Crippen LogP contribution in [0.5, 0.6) is 0 Å². The van der Waals surface area contributed by atoms with Crippen molar-refractivity contribution in [3.63, 3.8) is 0 Å². The highest BCUT2D eigenvalue weighted by atomic mass is 16.4. The van der Waals surface area contributed by atoms with E-state index in [1.165, 1.54) is 12.2 Å². The van der Waals surface area contributed by atoms with E-state index in [-0.39, 0.29) is 18.5 Å². The van der Waals surface area contributed by atoms with Crippen LogP contribution in [0.25, 0.3) is 0 Å². The average molecular weight is 284 g/mol. The number of carboxylic acids is 2. The molecule has 0 aliphatic carbocycles. The molecule has 0 aromatic heterocycles. The normalized spacial score (nSPS) is 7.05. The Kier molecular flexibility index (Phi) is 20.7. The van der Waals surface area contributed by atoms with Crippen LogP contribution < -0.4 is 0 Å². The van der Waals surface area contributed by atoms with E-state index < -0.39 is 11.9 Å². The van der Waals surface area contributed by atoms with Gasteiger partial charge in [-0.2, -0.15) is 0 Å². The number of isocyanates is 2. The van der Waals surface area contributed by atoms with Gasteiger partial charge in [-0.3, -0.25) is 0 Å². The second-order valence-corrected chi connectivity index (χ2v) is 2.74. The largest absolute Gasteiger partial charge is 0.478 e. The summed E-state index contributed by atoms with van der Waals surface area (Å²) in [6.45, 7) is 8.67. The van der Waals surface area contributed by atoms with Gasteiger partial charge in [0.15, 0.2) is 0 Å². The van der Waals surface area contributed by atoms with Crippen molar-refractivity contribution in [3.8, 4) is 0 Å². The van der Waals surface area contributed by atoms with Crippen molar-refractivity contribution < 1.29 is 29.4 Å². The molecule has 0 aliphatic rings. The van der Waals surface area contributed by atoms with E-state index >= 15 is 0 Å². The molecule has 0 aromatic carbocycles. The maximum Gasteiger partial charge on any atom is 0.331 e. The third kappa shape index (κ3) is 29.5. The summed E-state index contributed by atoms with van der Waals surface area (Å²) in [4.78, 5) is 44.2. The number of carboxylic acid groups (broad SMARTS) is 2. The van der Waals surface area contributed by atoms with Crippen molar-refractivity contribution in [2.24, 2.45) is 9.98 Å². The van der Waals surface area contributed by atoms with E-state index in [9.17, 15) is 14.4 Å². The fourth-order valence-electron chi connectivity index (χ4n) is 0.408. The molecule has 0 atom stereocenters. The van der Waals surface area contributed by atoms with Gasteiger partial charge in [0, 0.05) is 18.2 Å². The summed E-state index contributed by atoms with van der Waals surface area (Å²) in [5.41, 5.74) is 0.0546. The zero-order valence-electron chi connectivity index (χ0n) is 11.0. The van der Waals surface area contributed by atoms with Crippen LogP contribution in [0.15, 0.2) is 34.8 Å². The van der Waals surface area contributed by atoms with Crippen molar-refractivity contribution >= 4 is 24.1 Å². The molecule has 0 spiro atoms. The monoisotopic (exact) mass is 284 g/mol. The highest BCUT2D eigenvalue weighted by Gasteiger charge is 2.01. The number of hydrogen-bond donors (Lipinski definition) is 2. The van der Waals surface area contributed by atoms with Gasteiger partial charge in [-0.1, -0.05) is 13.2 Å². The number of hydrogen-bond acceptors (Lipinski definition) is 6. The molecule has 0 fully saturated rings. The maximum atomic E-state index is 10.1. The standard InChI is InChI=1S/C6H7NO3.C3H5NO.C3H4O2/c1-5(6(9)10)2-3-7-4-8;1-2-4-3-5;1-2-3(4)5/h1-3H2,(H,9,10);2H2,1H3;2H,1H2,(H,4,5). The van der Waals surface area contributed by atoms with Crippen LogP contribution in [-0.2, 0) is 19.2 Å². The van der Waals surface area contributed by atoms with Gasteiger partial charge >= 0.3 is 11.9 Å². The quantitative estimate of drug-likeness (QED) is 0.423. The first-order chi connectivity index (χ1) is 9.37. The fraction of sp³-hybridized carbons (Fsp3) is 0.333. The first-order valence-electron chi connectivity index (χ1n) is 5.20. The molecule has 0 rings (SSSR count). The fourth-order valence-corrected chi connectivity index (χ4v) is 0.408. The van der Waals surface area contributed by atoms with Gasteiger partial charge in [0.2, 0.25) is 12.2 Å². The third-order valence-electron chi connectivity index (χ3n) is 1.29. The first-order valence-corrected chi connectivity index (χ1v) is 5.20. The highest BCUT2D eigenvalue weighted by molar-refractivity contribution is 5.85. The van der Waals surface area contributed by atoms with Crippen LogP contribution >= 0.6 is 0 Å². The molecular weight excluding hydrogens is 268 g/mol. The molecule has 2 N–H and O–H groups in total. The summed E-state index contributed by atoms with van der Waals surface area (Å²) in [6, 6.07) is 0. The Hall–Kier alpha value is -2.82. The lowest BCUT2D eigenvalue weighted by Gasteiger charge is -1.92. The molecular formula is C12H16N2O6. The minimum Gasteiger partial charge on any atom is -0.478 e. The molecule has 0 bridgehead atoms. The van der Waals surface area contributed by atoms with Crippen molar-refractivity contribution in [1.82, 2.24) is 0 Å². The molecule has 0 radical (unpaired) electrons. The Bertz CT molecular complexity index is 418. The van der Waals surface area contributed by atoms with Crippen LogP contribution in [0.2, 0.25) is 0 Å². The van der Waals surface area contributed by atoms with Crippen molar-refractivity contribution in [2.75, 3.05) is 13.1 Å². The van der Waals surface area contributed by atoms with Crippen molar-refractivity contribution in [3.05, 3.63) is 24.8 Å². The molecule has 20 heavy (non-hydrogen) atoms. The van der Waals surface area contributed by atoms with Crippen molar-refractivity contribution in [2.45, 2.75) is 13.3 Å². The molecule has 110 valence electrons. The Balaban J connectivity index is -0.000000244. The van der Waals surface area contributed by atoms with Crippen LogP contribution in [-0.4, -0.2) is 47.4 Å². The summed E-state index contributed by atoms with van der Waals surface area (Å²) in [7, 11) is 0. The van der Waals surface area contributed by atoms with Crippen LogP contribution in [0.1, 0.15) is 13.3 Å². The van der Waals surface area contributed by atoms with E-state index in [2.05, 4.69) is 23.1 Å². The molecule has 0 aliphatic heterocycles. The molecule has 8 heteroatoms. The van der Waals surface area contributed by atoms with Crippen LogP contribution in [0.3, 0.4) is 0 Å².